The van der Waals surface area contributed by atoms with E-state index in [9.17, 15) is 14.9 Å². The van der Waals surface area contributed by atoms with Crippen molar-refractivity contribution in [3.05, 3.63) is 79.4 Å². The highest BCUT2D eigenvalue weighted by molar-refractivity contribution is 9.10. The van der Waals surface area contributed by atoms with E-state index in [0.29, 0.717) is 11.4 Å². The lowest BCUT2D eigenvalue weighted by atomic mass is 10.2. The number of aromatic nitrogens is 2. The highest BCUT2D eigenvalue weighted by Crippen LogP contribution is 2.22. The minimum absolute atomic E-state index is 0.0177. The Hall–Kier alpha value is -2.85. The molecule has 26 heavy (non-hydrogen) atoms. The Labute approximate surface area is 160 Å². The number of rotatable bonds is 6. The van der Waals surface area contributed by atoms with Crippen LogP contribution in [0.4, 0.5) is 5.00 Å². The van der Waals surface area contributed by atoms with E-state index in [4.69, 9.17) is 0 Å². The zero-order valence-corrected chi connectivity index (χ0v) is 15.6. The molecule has 3 rings (SSSR count). The van der Waals surface area contributed by atoms with Crippen LogP contribution in [-0.2, 0) is 6.54 Å². The molecular formula is C16H12BrN5O3S. The van der Waals surface area contributed by atoms with Crippen LogP contribution >= 0.6 is 27.3 Å². The van der Waals surface area contributed by atoms with Gasteiger partial charge in [-0.15, -0.1) is 0 Å². The maximum atomic E-state index is 12.1. The summed E-state index contributed by atoms with van der Waals surface area (Å²) in [5.74, 6) is -0.458. The third-order valence-electron chi connectivity index (χ3n) is 3.26. The Morgan fingerprint density at radius 2 is 2.23 bits per heavy atom. The van der Waals surface area contributed by atoms with Crippen molar-refractivity contribution in [3.8, 4) is 0 Å². The van der Waals surface area contributed by atoms with Crippen molar-refractivity contribution in [2.45, 2.75) is 6.54 Å². The number of nitrogens with zero attached hydrogens (tertiary/aromatic N) is 4. The fraction of sp³-hybridized carbons (Fsp3) is 0.0625. The van der Waals surface area contributed by atoms with E-state index in [2.05, 4.69) is 31.6 Å². The quantitative estimate of drug-likeness (QED) is 0.365. The Morgan fingerprint density at radius 3 is 2.96 bits per heavy atom. The molecule has 10 heteroatoms. The van der Waals surface area contributed by atoms with Crippen LogP contribution in [0.3, 0.4) is 0 Å². The van der Waals surface area contributed by atoms with Gasteiger partial charge in [0.1, 0.15) is 0 Å². The number of halogens is 1. The van der Waals surface area contributed by atoms with Gasteiger partial charge in [-0.25, -0.2) is 5.43 Å². The molecule has 0 fully saturated rings. The molecule has 0 atom stereocenters. The first-order valence-corrected chi connectivity index (χ1v) is 8.98. The van der Waals surface area contributed by atoms with Crippen molar-refractivity contribution in [2.24, 2.45) is 5.10 Å². The second-order valence-corrected chi connectivity index (χ2v) is 7.17. The van der Waals surface area contributed by atoms with Crippen LogP contribution in [0.5, 0.6) is 0 Å². The second-order valence-electron chi connectivity index (χ2n) is 5.16. The van der Waals surface area contributed by atoms with Crippen molar-refractivity contribution >= 4 is 44.4 Å². The number of hydrogen-bond donors (Lipinski definition) is 1. The number of nitro groups is 1. The summed E-state index contributed by atoms with van der Waals surface area (Å²) in [7, 11) is 0. The van der Waals surface area contributed by atoms with Crippen molar-refractivity contribution in [1.82, 2.24) is 15.2 Å². The van der Waals surface area contributed by atoms with Crippen LogP contribution in [-0.4, -0.2) is 26.8 Å². The van der Waals surface area contributed by atoms with Crippen LogP contribution < -0.4 is 5.43 Å². The van der Waals surface area contributed by atoms with Gasteiger partial charge >= 0.3 is 5.00 Å². The third kappa shape index (κ3) is 4.61. The lowest BCUT2D eigenvalue weighted by Gasteiger charge is -2.02. The molecule has 8 nitrogen and oxygen atoms in total. The molecule has 0 aliphatic rings. The van der Waals surface area contributed by atoms with Gasteiger partial charge in [0, 0.05) is 16.7 Å². The number of amides is 1. The van der Waals surface area contributed by atoms with Crippen molar-refractivity contribution in [1.29, 1.82) is 0 Å². The van der Waals surface area contributed by atoms with Crippen LogP contribution in [0.1, 0.15) is 20.9 Å². The van der Waals surface area contributed by atoms with Crippen LogP contribution in [0, 0.1) is 10.1 Å². The summed E-state index contributed by atoms with van der Waals surface area (Å²) < 4.78 is 2.63. The van der Waals surface area contributed by atoms with E-state index in [1.165, 1.54) is 12.3 Å². The molecular weight excluding hydrogens is 422 g/mol. The summed E-state index contributed by atoms with van der Waals surface area (Å²) in [6.07, 6.45) is 3.07. The molecule has 0 aliphatic carbocycles. The second kappa shape index (κ2) is 8.02. The number of benzene rings is 1. The predicted molar refractivity (Wildman–Crippen MR) is 102 cm³/mol. The van der Waals surface area contributed by atoms with E-state index in [1.54, 1.807) is 23.0 Å². The molecule has 0 saturated carbocycles. The molecule has 132 valence electrons. The first-order chi connectivity index (χ1) is 12.5. The SMILES string of the molecule is O=C(NN=Cc1ccc([N+](=O)[O-])s1)c1ccn(Cc2cccc(Br)c2)n1. The van der Waals surface area contributed by atoms with Gasteiger partial charge in [0.15, 0.2) is 5.69 Å². The van der Waals surface area contributed by atoms with Crippen LogP contribution in [0.15, 0.2) is 58.2 Å². The van der Waals surface area contributed by atoms with E-state index in [1.807, 2.05) is 24.3 Å². The van der Waals surface area contributed by atoms with Gasteiger partial charge in [-0.2, -0.15) is 10.2 Å². The summed E-state index contributed by atoms with van der Waals surface area (Å²) >= 11 is 4.39. The number of thiophene rings is 1. The molecule has 0 radical (unpaired) electrons. The minimum atomic E-state index is -0.474. The number of carbonyl (C=O) groups excluding carboxylic acids is 1. The molecule has 1 N–H and O–H groups in total. The Bertz CT molecular complexity index is 982. The van der Waals surface area contributed by atoms with E-state index >= 15 is 0 Å². The molecule has 2 aromatic heterocycles. The molecule has 3 aromatic rings. The maximum absolute atomic E-state index is 12.1. The fourth-order valence-electron chi connectivity index (χ4n) is 2.11. The molecule has 0 aliphatic heterocycles. The van der Waals surface area contributed by atoms with Gasteiger partial charge in [0.25, 0.3) is 5.91 Å². The lowest BCUT2D eigenvalue weighted by Crippen LogP contribution is -2.18. The predicted octanol–water partition coefficient (Wildman–Crippen LogP) is 3.43. The standard InChI is InChI=1S/C16H12BrN5O3S/c17-12-3-1-2-11(8-12)10-21-7-6-14(20-21)16(23)19-18-9-13-4-5-15(26-13)22(24)25/h1-9H,10H2,(H,19,23). The molecule has 1 aromatic carbocycles. The highest BCUT2D eigenvalue weighted by atomic mass is 79.9. The molecule has 1 amide bonds. The molecule has 0 unspecified atom stereocenters. The van der Waals surface area contributed by atoms with Crippen molar-refractivity contribution in [2.75, 3.05) is 0 Å². The van der Waals surface area contributed by atoms with Crippen molar-refractivity contribution in [3.63, 3.8) is 0 Å². The first-order valence-electron chi connectivity index (χ1n) is 7.37. The van der Waals surface area contributed by atoms with Crippen molar-refractivity contribution < 1.29 is 9.72 Å². The minimum Gasteiger partial charge on any atom is -0.268 e. The van der Waals surface area contributed by atoms with E-state index in [0.717, 1.165) is 21.4 Å². The summed E-state index contributed by atoms with van der Waals surface area (Å²) in [4.78, 5) is 22.8. The molecule has 2 heterocycles. The van der Waals surface area contributed by atoms with Gasteiger partial charge < -0.3 is 0 Å². The normalized spacial score (nSPS) is 11.0. The van der Waals surface area contributed by atoms with Gasteiger partial charge in [-0.3, -0.25) is 19.6 Å². The summed E-state index contributed by atoms with van der Waals surface area (Å²) in [5.41, 5.74) is 3.63. The van der Waals surface area contributed by atoms with Crippen LogP contribution in [0.2, 0.25) is 0 Å². The number of hydrazone groups is 1. The average molecular weight is 434 g/mol. The number of carbonyl (C=O) groups is 1. The van der Waals surface area contributed by atoms with Gasteiger partial charge in [-0.05, 0) is 29.8 Å². The number of hydrogen-bond acceptors (Lipinski definition) is 6. The summed E-state index contributed by atoms with van der Waals surface area (Å²) in [5, 5.41) is 18.7. The maximum Gasteiger partial charge on any atom is 0.324 e. The van der Waals surface area contributed by atoms with Gasteiger partial charge in [0.2, 0.25) is 0 Å². The van der Waals surface area contributed by atoms with Gasteiger partial charge in [-0.1, -0.05) is 39.4 Å². The zero-order valence-electron chi connectivity index (χ0n) is 13.2. The lowest BCUT2D eigenvalue weighted by molar-refractivity contribution is -0.380. The average Bonchev–Trinajstić information content (AvgIpc) is 3.24. The van der Waals surface area contributed by atoms with Gasteiger partial charge in [0.05, 0.1) is 22.6 Å². The van der Waals surface area contributed by atoms with E-state index < -0.39 is 10.8 Å². The highest BCUT2D eigenvalue weighted by Gasteiger charge is 2.10. The number of nitrogens with one attached hydrogen (secondary N) is 1. The Kier molecular flexibility index (Phi) is 5.54. The zero-order chi connectivity index (χ0) is 18.5. The smallest absolute Gasteiger partial charge is 0.268 e. The topological polar surface area (TPSA) is 102 Å². The summed E-state index contributed by atoms with van der Waals surface area (Å²) in [6.45, 7) is 0.537. The largest absolute Gasteiger partial charge is 0.324 e. The Morgan fingerprint density at radius 1 is 1.38 bits per heavy atom. The molecule has 0 saturated heterocycles. The summed E-state index contributed by atoms with van der Waals surface area (Å²) in [6, 6.07) is 12.4. The van der Waals surface area contributed by atoms with Crippen LogP contribution in [0.25, 0.3) is 0 Å². The molecule has 0 bridgehead atoms. The molecule has 0 spiro atoms. The monoisotopic (exact) mass is 433 g/mol. The third-order valence-corrected chi connectivity index (χ3v) is 4.72. The Balaban J connectivity index is 1.59. The fourth-order valence-corrected chi connectivity index (χ4v) is 3.25. The van der Waals surface area contributed by atoms with E-state index in [-0.39, 0.29) is 10.7 Å². The first kappa shape index (κ1) is 18.0.